The molecule has 0 fully saturated rings. The summed E-state index contributed by atoms with van der Waals surface area (Å²) in [4.78, 5) is -0.0166. The summed E-state index contributed by atoms with van der Waals surface area (Å²) in [6, 6.07) is 3.15. The highest BCUT2D eigenvalue weighted by Gasteiger charge is 2.33. The van der Waals surface area contributed by atoms with Crippen molar-refractivity contribution in [3.8, 4) is 0 Å². The van der Waals surface area contributed by atoms with E-state index in [-0.39, 0.29) is 16.0 Å². The number of fused-ring (bicyclic) bond motifs is 1. The number of rotatable bonds is 3. The summed E-state index contributed by atoms with van der Waals surface area (Å²) >= 11 is 5.70. The van der Waals surface area contributed by atoms with Gasteiger partial charge in [-0.1, -0.05) is 11.6 Å². The molecule has 0 bridgehead atoms. The smallest absolute Gasteiger partial charge is 0.243 e. The third kappa shape index (κ3) is 2.53. The number of hydrogen-bond acceptors (Lipinski definition) is 3. The van der Waals surface area contributed by atoms with E-state index < -0.39 is 15.8 Å². The number of benzene rings is 1. The van der Waals surface area contributed by atoms with Crippen molar-refractivity contribution in [2.24, 2.45) is 0 Å². The summed E-state index contributed by atoms with van der Waals surface area (Å²) in [5.74, 6) is -0.641. The molecule has 0 amide bonds. The molecule has 0 saturated carbocycles. The lowest BCUT2D eigenvalue weighted by Crippen LogP contribution is -2.33. The molecule has 0 unspecified atom stereocenters. The van der Waals surface area contributed by atoms with Crippen molar-refractivity contribution in [1.29, 1.82) is 0 Å². The number of hydrogen-bond donors (Lipinski definition) is 1. The van der Waals surface area contributed by atoms with E-state index in [0.717, 1.165) is 42.7 Å². The highest BCUT2D eigenvalue weighted by Crippen LogP contribution is 2.35. The summed E-state index contributed by atoms with van der Waals surface area (Å²) in [6.45, 7) is 0. The monoisotopic (exact) mass is 343 g/mol. The van der Waals surface area contributed by atoms with Gasteiger partial charge in [0.25, 0.3) is 0 Å². The number of nitrogens with one attached hydrogen (secondary N) is 1. The fraction of sp³-hybridized carbons (Fsp3) is 0.357. The molecule has 0 saturated heterocycles. The molecule has 1 aliphatic rings. The molecule has 1 heterocycles. The normalized spacial score (nSPS) is 18.5. The van der Waals surface area contributed by atoms with Crippen LogP contribution in [-0.2, 0) is 16.4 Å². The Morgan fingerprint density at radius 2 is 2.23 bits per heavy atom. The van der Waals surface area contributed by atoms with Crippen LogP contribution in [0.5, 0.6) is 0 Å². The maximum absolute atomic E-state index is 13.2. The summed E-state index contributed by atoms with van der Waals surface area (Å²) < 4.78 is 40.0. The number of aromatic nitrogens is 2. The van der Waals surface area contributed by atoms with Crippen molar-refractivity contribution in [3.63, 3.8) is 0 Å². The Kier molecular flexibility index (Phi) is 3.96. The van der Waals surface area contributed by atoms with Crippen LogP contribution in [0.15, 0.2) is 29.3 Å². The van der Waals surface area contributed by atoms with Gasteiger partial charge in [0, 0.05) is 18.3 Å². The van der Waals surface area contributed by atoms with Crippen LogP contribution in [0.2, 0.25) is 5.02 Å². The van der Waals surface area contributed by atoms with Crippen LogP contribution < -0.4 is 0 Å². The summed E-state index contributed by atoms with van der Waals surface area (Å²) in [5, 5.41) is 6.70. The van der Waals surface area contributed by atoms with E-state index in [1.165, 1.54) is 17.4 Å². The minimum Gasteiger partial charge on any atom is -0.282 e. The zero-order valence-electron chi connectivity index (χ0n) is 11.9. The molecule has 1 aromatic carbocycles. The van der Waals surface area contributed by atoms with Crippen molar-refractivity contribution >= 4 is 21.6 Å². The minimum atomic E-state index is -3.76. The number of aryl methyl sites for hydroxylation is 1. The van der Waals surface area contributed by atoms with Crippen LogP contribution in [0, 0.1) is 5.82 Å². The summed E-state index contributed by atoms with van der Waals surface area (Å²) in [5.41, 5.74) is 1.86. The zero-order valence-corrected chi connectivity index (χ0v) is 13.5. The lowest BCUT2D eigenvalue weighted by molar-refractivity contribution is 0.337. The highest BCUT2D eigenvalue weighted by atomic mass is 35.5. The molecule has 5 nitrogen and oxygen atoms in total. The largest absolute Gasteiger partial charge is 0.282 e. The van der Waals surface area contributed by atoms with Crippen LogP contribution in [0.1, 0.15) is 30.1 Å². The first-order valence-electron chi connectivity index (χ1n) is 6.86. The molecule has 1 aromatic heterocycles. The molecule has 0 radical (unpaired) electrons. The van der Waals surface area contributed by atoms with Crippen molar-refractivity contribution in [1.82, 2.24) is 14.5 Å². The van der Waals surface area contributed by atoms with E-state index in [1.54, 1.807) is 6.20 Å². The van der Waals surface area contributed by atoms with Crippen LogP contribution in [0.4, 0.5) is 4.39 Å². The van der Waals surface area contributed by atoms with Crippen LogP contribution >= 0.6 is 11.6 Å². The molecule has 1 aliphatic carbocycles. The second kappa shape index (κ2) is 5.64. The molecule has 118 valence electrons. The van der Waals surface area contributed by atoms with Gasteiger partial charge in [0.1, 0.15) is 5.82 Å². The number of aromatic amines is 1. The number of sulfonamides is 1. The third-order valence-corrected chi connectivity index (χ3v) is 6.17. The Morgan fingerprint density at radius 1 is 1.45 bits per heavy atom. The Hall–Kier alpha value is -1.44. The second-order valence-electron chi connectivity index (χ2n) is 5.31. The summed E-state index contributed by atoms with van der Waals surface area (Å²) in [6.07, 6.45) is 4.13. The van der Waals surface area contributed by atoms with Crippen LogP contribution in [0.3, 0.4) is 0 Å². The Morgan fingerprint density at radius 3 is 2.95 bits per heavy atom. The minimum absolute atomic E-state index is 0.0166. The Bertz CT molecular complexity index is 806. The van der Waals surface area contributed by atoms with E-state index in [9.17, 15) is 12.8 Å². The SMILES string of the molecule is CN([C@@H]1CCCc2[nH]ncc21)S(=O)(=O)c1ccc(F)c(Cl)c1. The molecule has 1 atom stereocenters. The van der Waals surface area contributed by atoms with E-state index in [1.807, 2.05) is 0 Å². The standard InChI is InChI=1S/C14H15ClFN3O2S/c1-19(14-4-2-3-13-10(14)8-17-18-13)22(20,21)9-5-6-12(16)11(15)7-9/h5-8,14H,2-4H2,1H3,(H,17,18)/t14-/m1/s1. The first-order chi connectivity index (χ1) is 10.4. The molecule has 0 aliphatic heterocycles. The quantitative estimate of drug-likeness (QED) is 0.931. The van der Waals surface area contributed by atoms with Gasteiger partial charge < -0.3 is 0 Å². The van der Waals surface area contributed by atoms with Gasteiger partial charge in [0.05, 0.1) is 22.2 Å². The van der Waals surface area contributed by atoms with Gasteiger partial charge in [-0.15, -0.1) is 0 Å². The number of H-pyrrole nitrogens is 1. The predicted octanol–water partition coefficient (Wildman–Crippen LogP) is 2.90. The van der Waals surface area contributed by atoms with Crippen molar-refractivity contribution in [2.45, 2.75) is 30.2 Å². The topological polar surface area (TPSA) is 66.1 Å². The number of halogens is 2. The van der Waals surface area contributed by atoms with Gasteiger partial charge in [-0.3, -0.25) is 5.10 Å². The maximum atomic E-state index is 13.2. The summed E-state index contributed by atoms with van der Waals surface area (Å²) in [7, 11) is -2.23. The first kappa shape index (κ1) is 15.5. The first-order valence-corrected chi connectivity index (χ1v) is 8.68. The zero-order chi connectivity index (χ0) is 15.9. The van der Waals surface area contributed by atoms with Crippen molar-refractivity contribution in [3.05, 3.63) is 46.5 Å². The van der Waals surface area contributed by atoms with E-state index in [2.05, 4.69) is 10.2 Å². The van der Waals surface area contributed by atoms with Crippen molar-refractivity contribution in [2.75, 3.05) is 7.05 Å². The molecule has 8 heteroatoms. The van der Waals surface area contributed by atoms with Crippen molar-refractivity contribution < 1.29 is 12.8 Å². The second-order valence-corrected chi connectivity index (χ2v) is 7.71. The molecular formula is C14H15ClFN3O2S. The van der Waals surface area contributed by atoms with Gasteiger partial charge in [-0.2, -0.15) is 9.40 Å². The lowest BCUT2D eigenvalue weighted by atomic mass is 9.93. The Balaban J connectivity index is 1.98. The van der Waals surface area contributed by atoms with Crippen LogP contribution in [0.25, 0.3) is 0 Å². The highest BCUT2D eigenvalue weighted by molar-refractivity contribution is 7.89. The van der Waals surface area contributed by atoms with Gasteiger partial charge >= 0.3 is 0 Å². The van der Waals surface area contributed by atoms with Crippen LogP contribution in [-0.4, -0.2) is 30.0 Å². The fourth-order valence-corrected chi connectivity index (χ4v) is 4.42. The molecule has 3 rings (SSSR count). The van der Waals surface area contributed by atoms with E-state index in [4.69, 9.17) is 11.6 Å². The average molecular weight is 344 g/mol. The van der Waals surface area contributed by atoms with Gasteiger partial charge in [-0.05, 0) is 37.5 Å². The lowest BCUT2D eigenvalue weighted by Gasteiger charge is -2.30. The Labute approximate surface area is 133 Å². The van der Waals surface area contributed by atoms with Gasteiger partial charge in [-0.25, -0.2) is 12.8 Å². The average Bonchev–Trinajstić information content (AvgIpc) is 2.97. The van der Waals surface area contributed by atoms with E-state index >= 15 is 0 Å². The fourth-order valence-electron chi connectivity index (χ4n) is 2.79. The van der Waals surface area contributed by atoms with Gasteiger partial charge in [0.15, 0.2) is 0 Å². The van der Waals surface area contributed by atoms with E-state index in [0.29, 0.717) is 0 Å². The van der Waals surface area contributed by atoms with Gasteiger partial charge in [0.2, 0.25) is 10.0 Å². The third-order valence-electron chi connectivity index (χ3n) is 4.02. The molecule has 22 heavy (non-hydrogen) atoms. The molecular weight excluding hydrogens is 329 g/mol. The predicted molar refractivity (Wildman–Crippen MR) is 80.6 cm³/mol. The molecule has 1 N–H and O–H groups in total. The number of nitrogens with zero attached hydrogens (tertiary/aromatic N) is 2. The molecule has 2 aromatic rings. The maximum Gasteiger partial charge on any atom is 0.243 e. The molecule has 0 spiro atoms.